The van der Waals surface area contributed by atoms with Crippen LogP contribution in [-0.2, 0) is 13.0 Å². The summed E-state index contributed by atoms with van der Waals surface area (Å²) in [6.45, 7) is 1.61. The molecule has 0 aliphatic heterocycles. The topological polar surface area (TPSA) is 58.0 Å². The van der Waals surface area contributed by atoms with E-state index in [0.717, 1.165) is 30.2 Å². The van der Waals surface area contributed by atoms with Gasteiger partial charge in [-0.3, -0.25) is 4.98 Å². The Hall–Kier alpha value is -2.08. The molecule has 1 aromatic carbocycles. The average Bonchev–Trinajstić information content (AvgIpc) is 3.11. The zero-order chi connectivity index (χ0) is 16.6. The highest BCUT2D eigenvalue weighted by Gasteiger charge is 2.10. The van der Waals surface area contributed by atoms with E-state index in [-0.39, 0.29) is 12.5 Å². The minimum absolute atomic E-state index is 0.150. The van der Waals surface area contributed by atoms with Crippen LogP contribution in [0.25, 0.3) is 10.4 Å². The number of pyridine rings is 1. The van der Waals surface area contributed by atoms with Crippen molar-refractivity contribution in [2.45, 2.75) is 13.0 Å². The third kappa shape index (κ3) is 4.71. The molecule has 0 aliphatic carbocycles. The lowest BCUT2D eigenvalue weighted by Crippen LogP contribution is -2.26. The molecule has 0 fully saturated rings. The standard InChI is InChI=1S/C19H21N3OS/c23-14-15(10-17-8-4-5-9-21-17)11-20-13-19-22-12-18(24-19)16-6-2-1-3-7-16/h1-9,12,15,20,23H,10-11,13-14H2. The predicted octanol–water partition coefficient (Wildman–Crippen LogP) is 3.15. The molecule has 3 aromatic rings. The molecule has 24 heavy (non-hydrogen) atoms. The predicted molar refractivity (Wildman–Crippen MR) is 97.8 cm³/mol. The summed E-state index contributed by atoms with van der Waals surface area (Å²) in [5, 5.41) is 14.0. The van der Waals surface area contributed by atoms with E-state index in [4.69, 9.17) is 0 Å². The maximum Gasteiger partial charge on any atom is 0.107 e. The fourth-order valence-corrected chi connectivity index (χ4v) is 3.42. The number of hydrogen-bond donors (Lipinski definition) is 2. The second kappa shape index (κ2) is 8.68. The molecule has 0 bridgehead atoms. The van der Waals surface area contributed by atoms with Crippen molar-refractivity contribution in [3.05, 3.63) is 71.6 Å². The Kier molecular flexibility index (Phi) is 6.07. The van der Waals surface area contributed by atoms with Gasteiger partial charge in [-0.25, -0.2) is 4.98 Å². The molecule has 0 saturated carbocycles. The van der Waals surface area contributed by atoms with E-state index in [0.29, 0.717) is 0 Å². The van der Waals surface area contributed by atoms with Crippen LogP contribution in [0, 0.1) is 5.92 Å². The van der Waals surface area contributed by atoms with Gasteiger partial charge in [-0.2, -0.15) is 0 Å². The third-order valence-electron chi connectivity index (χ3n) is 3.80. The monoisotopic (exact) mass is 339 g/mol. The fraction of sp³-hybridized carbons (Fsp3) is 0.263. The number of thiazole rings is 1. The maximum absolute atomic E-state index is 9.56. The Morgan fingerprint density at radius 2 is 1.88 bits per heavy atom. The SMILES string of the molecule is OCC(CNCc1ncc(-c2ccccc2)s1)Cc1ccccn1. The minimum Gasteiger partial charge on any atom is -0.396 e. The zero-order valence-electron chi connectivity index (χ0n) is 13.4. The molecule has 4 nitrogen and oxygen atoms in total. The first-order valence-corrected chi connectivity index (χ1v) is 8.88. The van der Waals surface area contributed by atoms with Gasteiger partial charge in [0.05, 0.1) is 4.88 Å². The molecule has 0 amide bonds. The average molecular weight is 339 g/mol. The number of aromatic nitrogens is 2. The van der Waals surface area contributed by atoms with E-state index in [1.807, 2.05) is 42.6 Å². The van der Waals surface area contributed by atoms with Crippen molar-refractivity contribution in [3.8, 4) is 10.4 Å². The van der Waals surface area contributed by atoms with E-state index in [1.54, 1.807) is 17.5 Å². The Balaban J connectivity index is 1.50. The molecular weight excluding hydrogens is 318 g/mol. The molecule has 2 aromatic heterocycles. The number of benzene rings is 1. The molecule has 3 rings (SSSR count). The van der Waals surface area contributed by atoms with Gasteiger partial charge < -0.3 is 10.4 Å². The number of nitrogens with zero attached hydrogens (tertiary/aromatic N) is 2. The summed E-state index contributed by atoms with van der Waals surface area (Å²) in [6.07, 6.45) is 4.49. The molecule has 124 valence electrons. The van der Waals surface area contributed by atoms with E-state index in [1.165, 1.54) is 10.4 Å². The Bertz CT molecular complexity index is 731. The highest BCUT2D eigenvalue weighted by Crippen LogP contribution is 2.25. The summed E-state index contributed by atoms with van der Waals surface area (Å²) in [5.41, 5.74) is 2.21. The van der Waals surface area contributed by atoms with Gasteiger partial charge in [-0.05, 0) is 30.0 Å². The van der Waals surface area contributed by atoms with E-state index in [9.17, 15) is 5.11 Å². The summed E-state index contributed by atoms with van der Waals surface area (Å²) < 4.78 is 0. The lowest BCUT2D eigenvalue weighted by atomic mass is 10.0. The van der Waals surface area contributed by atoms with Crippen LogP contribution in [0.3, 0.4) is 0 Å². The van der Waals surface area contributed by atoms with Crippen molar-refractivity contribution in [1.29, 1.82) is 0 Å². The van der Waals surface area contributed by atoms with Gasteiger partial charge in [-0.15, -0.1) is 11.3 Å². The largest absolute Gasteiger partial charge is 0.396 e. The first-order chi connectivity index (χ1) is 11.8. The molecular formula is C19H21N3OS. The van der Waals surface area contributed by atoms with Crippen molar-refractivity contribution in [1.82, 2.24) is 15.3 Å². The van der Waals surface area contributed by atoms with Crippen LogP contribution in [0.4, 0.5) is 0 Å². The van der Waals surface area contributed by atoms with Gasteiger partial charge >= 0.3 is 0 Å². The summed E-state index contributed by atoms with van der Waals surface area (Å²) in [5.74, 6) is 0.161. The molecule has 2 N–H and O–H groups in total. The molecule has 1 unspecified atom stereocenters. The van der Waals surface area contributed by atoms with Crippen LogP contribution in [0.1, 0.15) is 10.7 Å². The molecule has 0 radical (unpaired) electrons. The Labute approximate surface area is 146 Å². The van der Waals surface area contributed by atoms with E-state index < -0.39 is 0 Å². The number of rotatable bonds is 8. The number of aliphatic hydroxyl groups excluding tert-OH is 1. The molecule has 2 heterocycles. The molecule has 0 spiro atoms. The van der Waals surface area contributed by atoms with Crippen molar-refractivity contribution in [2.75, 3.05) is 13.2 Å². The van der Waals surface area contributed by atoms with Gasteiger partial charge in [0.2, 0.25) is 0 Å². The number of hydrogen-bond acceptors (Lipinski definition) is 5. The van der Waals surface area contributed by atoms with Crippen molar-refractivity contribution in [3.63, 3.8) is 0 Å². The van der Waals surface area contributed by atoms with Gasteiger partial charge in [-0.1, -0.05) is 36.4 Å². The number of nitrogens with one attached hydrogen (secondary N) is 1. The third-order valence-corrected chi connectivity index (χ3v) is 4.85. The van der Waals surface area contributed by atoms with Gasteiger partial charge in [0.1, 0.15) is 5.01 Å². The highest BCUT2D eigenvalue weighted by atomic mass is 32.1. The van der Waals surface area contributed by atoms with Crippen molar-refractivity contribution >= 4 is 11.3 Å². The summed E-state index contributed by atoms with van der Waals surface area (Å²) in [4.78, 5) is 9.98. The molecule has 0 aliphatic rings. The van der Waals surface area contributed by atoms with Crippen LogP contribution in [0.15, 0.2) is 60.9 Å². The molecule has 5 heteroatoms. The van der Waals surface area contributed by atoms with Crippen LogP contribution in [-0.4, -0.2) is 28.2 Å². The second-order valence-electron chi connectivity index (χ2n) is 5.69. The zero-order valence-corrected chi connectivity index (χ0v) is 14.2. The normalized spacial score (nSPS) is 12.2. The highest BCUT2D eigenvalue weighted by molar-refractivity contribution is 7.15. The van der Waals surface area contributed by atoms with Crippen LogP contribution >= 0.6 is 11.3 Å². The van der Waals surface area contributed by atoms with Crippen molar-refractivity contribution < 1.29 is 5.11 Å². The fourth-order valence-electron chi connectivity index (χ4n) is 2.53. The summed E-state index contributed by atoms with van der Waals surface area (Å²) in [7, 11) is 0. The molecule has 0 saturated heterocycles. The second-order valence-corrected chi connectivity index (χ2v) is 6.80. The van der Waals surface area contributed by atoms with Crippen LogP contribution < -0.4 is 5.32 Å². The van der Waals surface area contributed by atoms with Crippen LogP contribution in [0.2, 0.25) is 0 Å². The summed E-state index contributed by atoms with van der Waals surface area (Å²) in [6, 6.07) is 16.2. The Morgan fingerprint density at radius 3 is 2.62 bits per heavy atom. The van der Waals surface area contributed by atoms with Gasteiger partial charge in [0, 0.05) is 37.8 Å². The van der Waals surface area contributed by atoms with Gasteiger partial charge in [0.25, 0.3) is 0 Å². The first kappa shape index (κ1) is 16.8. The Morgan fingerprint density at radius 1 is 1.04 bits per heavy atom. The molecule has 1 atom stereocenters. The lowest BCUT2D eigenvalue weighted by molar-refractivity contribution is 0.220. The first-order valence-electron chi connectivity index (χ1n) is 8.07. The summed E-state index contributed by atoms with van der Waals surface area (Å²) >= 11 is 1.70. The van der Waals surface area contributed by atoms with Crippen LogP contribution in [0.5, 0.6) is 0 Å². The van der Waals surface area contributed by atoms with E-state index >= 15 is 0 Å². The maximum atomic E-state index is 9.56. The smallest absolute Gasteiger partial charge is 0.107 e. The quantitative estimate of drug-likeness (QED) is 0.662. The lowest BCUT2D eigenvalue weighted by Gasteiger charge is -2.14. The minimum atomic E-state index is 0.150. The van der Waals surface area contributed by atoms with E-state index in [2.05, 4.69) is 27.4 Å². The van der Waals surface area contributed by atoms with Gasteiger partial charge in [0.15, 0.2) is 0 Å². The number of aliphatic hydroxyl groups is 1. The van der Waals surface area contributed by atoms with Crippen molar-refractivity contribution in [2.24, 2.45) is 5.92 Å².